The van der Waals surface area contributed by atoms with Crippen molar-refractivity contribution in [2.24, 2.45) is 0 Å². The number of benzene rings is 2. The van der Waals surface area contributed by atoms with Gasteiger partial charge in [-0.2, -0.15) is 5.10 Å². The van der Waals surface area contributed by atoms with Crippen molar-refractivity contribution >= 4 is 28.9 Å². The largest absolute Gasteiger partial charge is 0.369 e. The maximum Gasteiger partial charge on any atom is 0.0923 e. The van der Waals surface area contributed by atoms with E-state index in [4.69, 9.17) is 28.3 Å². The summed E-state index contributed by atoms with van der Waals surface area (Å²) in [5, 5.41) is 6.42. The number of aromatic nitrogens is 2. The van der Waals surface area contributed by atoms with E-state index in [0.29, 0.717) is 12.1 Å². The lowest BCUT2D eigenvalue weighted by Gasteiger charge is -2.39. The number of hydrogen-bond acceptors (Lipinski definition) is 3. The quantitative estimate of drug-likeness (QED) is 0.514. The van der Waals surface area contributed by atoms with Crippen molar-refractivity contribution in [3.8, 4) is 11.3 Å². The molecule has 0 bridgehead atoms. The number of anilines is 1. The summed E-state index contributed by atoms with van der Waals surface area (Å²) in [5.41, 5.74) is 3.41. The highest BCUT2D eigenvalue weighted by molar-refractivity contribution is 6.30. The Kier molecular flexibility index (Phi) is 5.72. The van der Waals surface area contributed by atoms with E-state index in [2.05, 4.69) is 38.9 Å². The Bertz CT molecular complexity index is 975. The minimum Gasteiger partial charge on any atom is -0.369 e. The van der Waals surface area contributed by atoms with E-state index in [1.807, 2.05) is 36.4 Å². The molecule has 2 heterocycles. The summed E-state index contributed by atoms with van der Waals surface area (Å²) in [7, 11) is 0. The van der Waals surface area contributed by atoms with E-state index in [9.17, 15) is 0 Å². The van der Waals surface area contributed by atoms with Crippen molar-refractivity contribution in [2.45, 2.75) is 31.3 Å². The van der Waals surface area contributed by atoms with Crippen LogP contribution in [0.15, 0.2) is 60.8 Å². The number of rotatable bonds is 4. The summed E-state index contributed by atoms with van der Waals surface area (Å²) in [4.78, 5) is 5.14. The van der Waals surface area contributed by atoms with E-state index in [1.165, 1.54) is 24.9 Å². The molecule has 2 fully saturated rings. The van der Waals surface area contributed by atoms with Crippen LogP contribution in [0, 0.1) is 0 Å². The second kappa shape index (κ2) is 8.62. The fraction of sp³-hybridized carbons (Fsp3) is 0.375. The van der Waals surface area contributed by atoms with Gasteiger partial charge in [0.05, 0.1) is 11.7 Å². The van der Waals surface area contributed by atoms with Crippen molar-refractivity contribution in [1.29, 1.82) is 0 Å². The van der Waals surface area contributed by atoms with Crippen LogP contribution < -0.4 is 4.90 Å². The van der Waals surface area contributed by atoms with Crippen molar-refractivity contribution in [1.82, 2.24) is 14.7 Å². The third kappa shape index (κ3) is 4.22. The molecule has 0 N–H and O–H groups in total. The van der Waals surface area contributed by atoms with Crippen molar-refractivity contribution < 1.29 is 0 Å². The Labute approximate surface area is 188 Å². The molecule has 0 amide bonds. The molecule has 1 saturated carbocycles. The van der Waals surface area contributed by atoms with Gasteiger partial charge in [-0.25, -0.2) is 0 Å². The minimum absolute atomic E-state index is 0.491. The average Bonchev–Trinajstić information content (AvgIpc) is 3.45. The Hall–Kier alpha value is -2.01. The first-order valence-corrected chi connectivity index (χ1v) is 11.5. The molecular weight excluding hydrogens is 415 g/mol. The predicted molar refractivity (Wildman–Crippen MR) is 125 cm³/mol. The van der Waals surface area contributed by atoms with Gasteiger partial charge >= 0.3 is 0 Å². The van der Waals surface area contributed by atoms with Crippen LogP contribution in [-0.4, -0.2) is 46.9 Å². The lowest BCUT2D eigenvalue weighted by Crippen LogP contribution is -2.49. The van der Waals surface area contributed by atoms with Crippen molar-refractivity contribution in [3.05, 3.63) is 70.8 Å². The van der Waals surface area contributed by atoms with Crippen LogP contribution in [0.2, 0.25) is 10.0 Å². The summed E-state index contributed by atoms with van der Waals surface area (Å²) in [6.07, 6.45) is 5.77. The number of piperazine rings is 1. The molecule has 1 saturated heterocycles. The molecule has 4 nitrogen and oxygen atoms in total. The monoisotopic (exact) mass is 440 g/mol. The standard InChI is InChI=1S/C24H26Cl2N4/c25-19-3-1-18(2-4-19)24-11-12-30(27-24)23-10-9-22(17-23)29-15-13-28(14-16-29)21-7-5-20(26)6-8-21/h1-8,11-12,22-23H,9-10,13-17H2. The molecule has 2 aromatic carbocycles. The van der Waals surface area contributed by atoms with Gasteiger partial charge in [-0.1, -0.05) is 35.3 Å². The van der Waals surface area contributed by atoms with Crippen LogP contribution in [0.3, 0.4) is 0 Å². The van der Waals surface area contributed by atoms with Gasteiger partial charge in [-0.3, -0.25) is 9.58 Å². The van der Waals surface area contributed by atoms with Gasteiger partial charge in [-0.05, 0) is 61.7 Å². The first kappa shape index (κ1) is 19.9. The maximum absolute atomic E-state index is 6.03. The maximum atomic E-state index is 6.03. The highest BCUT2D eigenvalue weighted by atomic mass is 35.5. The van der Waals surface area contributed by atoms with Gasteiger partial charge in [0.15, 0.2) is 0 Å². The molecule has 0 radical (unpaired) electrons. The van der Waals surface area contributed by atoms with Crippen LogP contribution in [0.1, 0.15) is 25.3 Å². The van der Waals surface area contributed by atoms with Gasteiger partial charge in [0.2, 0.25) is 0 Å². The fourth-order valence-corrected chi connectivity index (χ4v) is 5.07. The van der Waals surface area contributed by atoms with Crippen LogP contribution in [0.4, 0.5) is 5.69 Å². The Morgan fingerprint density at radius 2 is 1.37 bits per heavy atom. The van der Waals surface area contributed by atoms with Crippen LogP contribution >= 0.6 is 23.2 Å². The lowest BCUT2D eigenvalue weighted by molar-refractivity contribution is 0.183. The molecule has 5 rings (SSSR count). The van der Waals surface area contributed by atoms with Gasteiger partial charge in [-0.15, -0.1) is 0 Å². The zero-order valence-corrected chi connectivity index (χ0v) is 18.4. The first-order chi connectivity index (χ1) is 14.7. The fourth-order valence-electron chi connectivity index (χ4n) is 4.82. The predicted octanol–water partition coefficient (Wildman–Crippen LogP) is 5.77. The van der Waals surface area contributed by atoms with E-state index in [0.717, 1.165) is 47.5 Å². The summed E-state index contributed by atoms with van der Waals surface area (Å²) in [6, 6.07) is 19.4. The smallest absolute Gasteiger partial charge is 0.0923 e. The third-order valence-electron chi connectivity index (χ3n) is 6.52. The van der Waals surface area contributed by atoms with Gasteiger partial charge in [0, 0.05) is 59.7 Å². The Balaban J connectivity index is 1.18. The number of nitrogens with zero attached hydrogens (tertiary/aromatic N) is 4. The first-order valence-electron chi connectivity index (χ1n) is 10.7. The molecule has 30 heavy (non-hydrogen) atoms. The number of hydrogen-bond donors (Lipinski definition) is 0. The zero-order chi connectivity index (χ0) is 20.5. The SMILES string of the molecule is Clc1ccc(-c2ccn(C3CCC(N4CCN(c5ccc(Cl)cc5)CC4)C3)n2)cc1. The lowest BCUT2D eigenvalue weighted by atomic mass is 10.1. The second-order valence-electron chi connectivity index (χ2n) is 8.31. The van der Waals surface area contributed by atoms with E-state index in [1.54, 1.807) is 0 Å². The minimum atomic E-state index is 0.491. The molecule has 2 unspecified atom stereocenters. The van der Waals surface area contributed by atoms with Crippen molar-refractivity contribution in [2.75, 3.05) is 31.1 Å². The highest BCUT2D eigenvalue weighted by Crippen LogP contribution is 2.34. The summed E-state index contributed by atoms with van der Waals surface area (Å²) in [5.74, 6) is 0. The van der Waals surface area contributed by atoms with Gasteiger partial charge < -0.3 is 4.90 Å². The molecule has 1 aliphatic carbocycles. The number of halogens is 2. The van der Waals surface area contributed by atoms with E-state index in [-0.39, 0.29) is 0 Å². The topological polar surface area (TPSA) is 24.3 Å². The van der Waals surface area contributed by atoms with Crippen LogP contribution in [0.5, 0.6) is 0 Å². The molecule has 156 valence electrons. The Morgan fingerprint density at radius 1 is 0.733 bits per heavy atom. The normalized spacial score (nSPS) is 22.5. The summed E-state index contributed by atoms with van der Waals surface area (Å²) in [6.45, 7) is 4.39. The summed E-state index contributed by atoms with van der Waals surface area (Å²) >= 11 is 12.0. The average molecular weight is 441 g/mol. The zero-order valence-electron chi connectivity index (χ0n) is 16.9. The molecule has 1 aliphatic heterocycles. The van der Waals surface area contributed by atoms with E-state index >= 15 is 0 Å². The van der Waals surface area contributed by atoms with E-state index < -0.39 is 0 Å². The van der Waals surface area contributed by atoms with Crippen LogP contribution in [0.25, 0.3) is 11.3 Å². The highest BCUT2D eigenvalue weighted by Gasteiger charge is 2.32. The molecule has 1 aromatic heterocycles. The van der Waals surface area contributed by atoms with Gasteiger partial charge in [0.25, 0.3) is 0 Å². The molecule has 0 spiro atoms. The Morgan fingerprint density at radius 3 is 2.07 bits per heavy atom. The van der Waals surface area contributed by atoms with Crippen molar-refractivity contribution in [3.63, 3.8) is 0 Å². The van der Waals surface area contributed by atoms with Gasteiger partial charge in [0.1, 0.15) is 0 Å². The molecule has 3 aromatic rings. The molecule has 6 heteroatoms. The third-order valence-corrected chi connectivity index (χ3v) is 7.03. The molecule has 2 aliphatic rings. The van der Waals surface area contributed by atoms with Crippen LogP contribution in [-0.2, 0) is 0 Å². The molecule has 2 atom stereocenters. The second-order valence-corrected chi connectivity index (χ2v) is 9.18. The molecular formula is C24H26Cl2N4. The summed E-state index contributed by atoms with van der Waals surface area (Å²) < 4.78 is 2.17.